The zero-order valence-corrected chi connectivity index (χ0v) is 12.5. The summed E-state index contributed by atoms with van der Waals surface area (Å²) in [5.41, 5.74) is 0.597. The third-order valence-electron chi connectivity index (χ3n) is 3.90. The molecule has 2 fully saturated rings. The van der Waals surface area contributed by atoms with Crippen LogP contribution in [0.5, 0.6) is 0 Å². The number of halogens is 1. The van der Waals surface area contributed by atoms with E-state index in [-0.39, 0.29) is 0 Å². The van der Waals surface area contributed by atoms with E-state index in [1.165, 1.54) is 0 Å². The Morgan fingerprint density at radius 2 is 2.05 bits per heavy atom. The van der Waals surface area contributed by atoms with Gasteiger partial charge in [-0.3, -0.25) is 4.98 Å². The summed E-state index contributed by atoms with van der Waals surface area (Å²) in [4.78, 5) is 5.53. The van der Waals surface area contributed by atoms with Crippen LogP contribution >= 0.6 is 11.9 Å². The van der Waals surface area contributed by atoms with E-state index in [0.717, 1.165) is 36.8 Å². The number of aromatic nitrogens is 1. The molecule has 0 radical (unpaired) electrons. The van der Waals surface area contributed by atoms with Gasteiger partial charge in [0.25, 0.3) is 0 Å². The van der Waals surface area contributed by atoms with Crippen molar-refractivity contribution >= 4 is 11.9 Å². The Morgan fingerprint density at radius 1 is 1.37 bits per heavy atom. The summed E-state index contributed by atoms with van der Waals surface area (Å²) in [5.74, 6) is 0. The van der Waals surface area contributed by atoms with Crippen LogP contribution < -0.4 is 5.32 Å². The van der Waals surface area contributed by atoms with Gasteiger partial charge in [-0.25, -0.2) is 8.70 Å². The number of pyridine rings is 1. The maximum absolute atomic E-state index is 13.8. The Balaban J connectivity index is 1.65. The first-order valence-electron chi connectivity index (χ1n) is 6.69. The molecule has 0 atom stereocenters. The maximum Gasteiger partial charge on any atom is 0.147 e. The lowest BCUT2D eigenvalue weighted by molar-refractivity contribution is 0.0235. The van der Waals surface area contributed by atoms with Crippen molar-refractivity contribution in [2.75, 3.05) is 26.2 Å². The van der Waals surface area contributed by atoms with Crippen LogP contribution in [-0.4, -0.2) is 35.5 Å². The molecule has 2 saturated heterocycles. The summed E-state index contributed by atoms with van der Waals surface area (Å²) in [6, 6.07) is 3.80. The third-order valence-corrected chi connectivity index (χ3v) is 5.04. The highest BCUT2D eigenvalue weighted by Gasteiger charge is 2.47. The molecule has 0 unspecified atom stereocenters. The lowest BCUT2D eigenvalue weighted by atomic mass is 9.76. The molecule has 1 spiro atoms. The van der Waals surface area contributed by atoms with Gasteiger partial charge in [0.1, 0.15) is 5.67 Å². The minimum atomic E-state index is -1.37. The summed E-state index contributed by atoms with van der Waals surface area (Å²) in [5, 5.41) is 3.33. The monoisotopic (exact) mass is 281 g/mol. The first-order valence-corrected chi connectivity index (χ1v) is 7.46. The van der Waals surface area contributed by atoms with E-state index in [1.807, 2.05) is 13.0 Å². The number of hydrogen-bond donors (Lipinski definition) is 1. The summed E-state index contributed by atoms with van der Waals surface area (Å²) in [6.07, 6.45) is 0. The summed E-state index contributed by atoms with van der Waals surface area (Å²) < 4.78 is 16.2. The first kappa shape index (κ1) is 13.3. The average Bonchev–Trinajstić information content (AvgIpc) is 2.20. The van der Waals surface area contributed by atoms with Gasteiger partial charge >= 0.3 is 0 Å². The summed E-state index contributed by atoms with van der Waals surface area (Å²) in [6.45, 7) is 9.63. The van der Waals surface area contributed by atoms with Gasteiger partial charge in [-0.2, -0.15) is 0 Å². The van der Waals surface area contributed by atoms with Crippen molar-refractivity contribution in [1.29, 1.82) is 0 Å². The van der Waals surface area contributed by atoms with Crippen molar-refractivity contribution in [3.8, 4) is 0 Å². The van der Waals surface area contributed by atoms with Gasteiger partial charge in [0.15, 0.2) is 0 Å². The molecule has 5 heteroatoms. The number of nitrogens with one attached hydrogen (secondary N) is 1. The van der Waals surface area contributed by atoms with Crippen LogP contribution in [0.3, 0.4) is 0 Å². The van der Waals surface area contributed by atoms with Crippen molar-refractivity contribution in [2.45, 2.75) is 31.3 Å². The van der Waals surface area contributed by atoms with Crippen LogP contribution in [0.2, 0.25) is 0 Å². The second-order valence-electron chi connectivity index (χ2n) is 6.25. The van der Waals surface area contributed by atoms with Gasteiger partial charge in [-0.05, 0) is 44.9 Å². The van der Waals surface area contributed by atoms with Crippen molar-refractivity contribution in [2.24, 2.45) is 5.41 Å². The highest BCUT2D eigenvalue weighted by atomic mass is 32.2. The molecule has 2 aliphatic heterocycles. The van der Waals surface area contributed by atoms with E-state index >= 15 is 0 Å². The van der Waals surface area contributed by atoms with E-state index in [0.29, 0.717) is 11.1 Å². The second-order valence-corrected chi connectivity index (χ2v) is 7.38. The highest BCUT2D eigenvalue weighted by Crippen LogP contribution is 2.41. The fourth-order valence-corrected chi connectivity index (χ4v) is 3.85. The molecule has 1 aromatic heterocycles. The molecule has 0 amide bonds. The van der Waals surface area contributed by atoms with E-state index < -0.39 is 5.67 Å². The van der Waals surface area contributed by atoms with Gasteiger partial charge in [0.05, 0.1) is 11.4 Å². The zero-order valence-electron chi connectivity index (χ0n) is 11.7. The fourth-order valence-electron chi connectivity index (χ4n) is 2.58. The van der Waals surface area contributed by atoms with E-state index in [9.17, 15) is 4.39 Å². The summed E-state index contributed by atoms with van der Waals surface area (Å²) in [7, 11) is 0. The van der Waals surface area contributed by atoms with E-state index in [4.69, 9.17) is 0 Å². The topological polar surface area (TPSA) is 28.2 Å². The normalized spacial score (nSPS) is 22.1. The Kier molecular flexibility index (Phi) is 3.11. The Labute approximate surface area is 118 Å². The highest BCUT2D eigenvalue weighted by molar-refractivity contribution is 7.97. The zero-order chi connectivity index (χ0) is 13.7. The smallest absolute Gasteiger partial charge is 0.147 e. The van der Waals surface area contributed by atoms with Crippen LogP contribution in [0, 0.1) is 12.3 Å². The van der Waals surface area contributed by atoms with Gasteiger partial charge in [-0.1, -0.05) is 0 Å². The molecule has 19 heavy (non-hydrogen) atoms. The third kappa shape index (κ3) is 2.51. The molecule has 3 heterocycles. The number of nitrogens with zero attached hydrogens (tertiary/aromatic N) is 2. The first-order chi connectivity index (χ1) is 8.88. The second kappa shape index (κ2) is 4.43. The van der Waals surface area contributed by atoms with Crippen LogP contribution in [0.4, 0.5) is 4.39 Å². The fraction of sp³-hybridized carbons (Fsp3) is 0.643. The van der Waals surface area contributed by atoms with Crippen molar-refractivity contribution in [3.63, 3.8) is 0 Å². The van der Waals surface area contributed by atoms with Crippen LogP contribution in [-0.2, 0) is 5.67 Å². The van der Waals surface area contributed by atoms with Gasteiger partial charge in [0.2, 0.25) is 0 Å². The van der Waals surface area contributed by atoms with Crippen LogP contribution in [0.15, 0.2) is 17.0 Å². The molecule has 2 aliphatic rings. The maximum atomic E-state index is 13.8. The minimum Gasteiger partial charge on any atom is -0.315 e. The Bertz CT molecular complexity index is 486. The SMILES string of the molecule is Cc1nc(C(C)(C)F)ccc1SN1CC2(CNC2)C1. The van der Waals surface area contributed by atoms with Crippen molar-refractivity contribution < 1.29 is 4.39 Å². The molecule has 1 N–H and O–H groups in total. The molecule has 0 saturated carbocycles. The number of rotatable bonds is 3. The predicted octanol–water partition coefficient (Wildman–Crippen LogP) is 2.51. The van der Waals surface area contributed by atoms with E-state index in [2.05, 4.69) is 14.6 Å². The number of hydrogen-bond acceptors (Lipinski definition) is 4. The number of alkyl halides is 1. The quantitative estimate of drug-likeness (QED) is 0.862. The molecular formula is C14H20FN3S. The van der Waals surface area contributed by atoms with Gasteiger partial charge in [0, 0.05) is 36.5 Å². The van der Waals surface area contributed by atoms with Gasteiger partial charge in [-0.15, -0.1) is 0 Å². The molecule has 0 bridgehead atoms. The molecule has 1 aromatic rings. The predicted molar refractivity (Wildman–Crippen MR) is 75.8 cm³/mol. The lowest BCUT2D eigenvalue weighted by Crippen LogP contribution is -2.69. The summed E-state index contributed by atoms with van der Waals surface area (Å²) >= 11 is 1.75. The van der Waals surface area contributed by atoms with Crippen LogP contribution in [0.25, 0.3) is 0 Å². The molecule has 0 aromatic carbocycles. The minimum absolute atomic E-state index is 0.512. The molecule has 104 valence electrons. The van der Waals surface area contributed by atoms with E-state index in [1.54, 1.807) is 31.9 Å². The van der Waals surface area contributed by atoms with Crippen molar-refractivity contribution in [3.05, 3.63) is 23.5 Å². The average molecular weight is 281 g/mol. The number of aryl methyl sites for hydroxylation is 1. The molecule has 3 nitrogen and oxygen atoms in total. The Hall–Kier alpha value is -0.650. The Morgan fingerprint density at radius 3 is 2.53 bits per heavy atom. The standard InChI is InChI=1S/C14H20FN3S/c1-10-11(4-5-12(17-10)13(2,3)15)19-18-8-14(9-18)6-16-7-14/h4-5,16H,6-9H2,1-3H3. The van der Waals surface area contributed by atoms with Crippen LogP contribution in [0.1, 0.15) is 25.2 Å². The molecule has 0 aliphatic carbocycles. The molecular weight excluding hydrogens is 261 g/mol. The van der Waals surface area contributed by atoms with Crippen molar-refractivity contribution in [1.82, 2.24) is 14.6 Å². The molecule has 3 rings (SSSR count). The van der Waals surface area contributed by atoms with Gasteiger partial charge < -0.3 is 5.32 Å². The largest absolute Gasteiger partial charge is 0.315 e. The lowest BCUT2D eigenvalue weighted by Gasteiger charge is -2.55.